The lowest BCUT2D eigenvalue weighted by molar-refractivity contribution is -0.0640. The number of hydrogen-bond acceptors (Lipinski definition) is 8. The summed E-state index contributed by atoms with van der Waals surface area (Å²) >= 11 is 0. The van der Waals surface area contributed by atoms with E-state index in [1.807, 2.05) is 0 Å². The SMILES string of the molecule is C=P1(OCc2ccccc2C(=O)OC(C)C)OC[C@H]2O[C@@H](n3ccc(=O)[nH]c3=O)C[C@@H]2O1. The van der Waals surface area contributed by atoms with E-state index in [-0.39, 0.29) is 25.4 Å². The van der Waals surface area contributed by atoms with Crippen molar-refractivity contribution < 1.29 is 27.8 Å². The van der Waals surface area contributed by atoms with Crippen LogP contribution in [0.4, 0.5) is 0 Å². The molecule has 2 fully saturated rings. The topological polar surface area (TPSA) is 118 Å². The number of rotatable bonds is 6. The van der Waals surface area contributed by atoms with Crippen LogP contribution in [-0.2, 0) is 29.7 Å². The van der Waals surface area contributed by atoms with Gasteiger partial charge < -0.3 is 23.0 Å². The molecule has 2 saturated heterocycles. The fourth-order valence-electron chi connectivity index (χ4n) is 3.57. The number of aromatic nitrogens is 2. The molecule has 11 heteroatoms. The first-order valence-corrected chi connectivity index (χ1v) is 11.9. The minimum atomic E-state index is -2.94. The molecule has 3 heterocycles. The molecular formula is C21H25N2O8P. The van der Waals surface area contributed by atoms with Crippen molar-refractivity contribution in [2.45, 2.75) is 51.4 Å². The summed E-state index contributed by atoms with van der Waals surface area (Å²) in [5.74, 6) is -0.431. The van der Waals surface area contributed by atoms with Crippen molar-refractivity contribution >= 4 is 19.8 Å². The van der Waals surface area contributed by atoms with E-state index in [1.54, 1.807) is 38.1 Å². The van der Waals surface area contributed by atoms with Gasteiger partial charge in [0.1, 0.15) is 12.3 Å². The molecule has 4 atom stereocenters. The van der Waals surface area contributed by atoms with Gasteiger partial charge >= 0.3 is 11.7 Å². The number of hydrogen-bond donors (Lipinski definition) is 1. The van der Waals surface area contributed by atoms with Gasteiger partial charge in [0.25, 0.3) is 13.1 Å². The van der Waals surface area contributed by atoms with Gasteiger partial charge in [-0.05, 0) is 31.8 Å². The molecule has 2 aromatic rings. The van der Waals surface area contributed by atoms with Crippen LogP contribution in [0.25, 0.3) is 0 Å². The molecule has 1 unspecified atom stereocenters. The average molecular weight is 464 g/mol. The van der Waals surface area contributed by atoms with Crippen molar-refractivity contribution in [2.24, 2.45) is 0 Å². The molecule has 2 aliphatic rings. The molecule has 0 radical (unpaired) electrons. The van der Waals surface area contributed by atoms with Crippen molar-refractivity contribution in [1.82, 2.24) is 9.55 Å². The van der Waals surface area contributed by atoms with Gasteiger partial charge in [-0.1, -0.05) is 18.2 Å². The minimum Gasteiger partial charge on any atom is -0.459 e. The van der Waals surface area contributed by atoms with E-state index in [2.05, 4.69) is 11.3 Å². The zero-order valence-electron chi connectivity index (χ0n) is 17.8. The number of carbonyl (C=O) groups is 1. The van der Waals surface area contributed by atoms with Crippen LogP contribution in [0.5, 0.6) is 0 Å². The Bertz CT molecular complexity index is 1160. The molecule has 1 aromatic carbocycles. The number of carbonyl (C=O) groups excluding carboxylic acids is 1. The highest BCUT2D eigenvalue weighted by Gasteiger charge is 2.44. The summed E-state index contributed by atoms with van der Waals surface area (Å²) in [5, 5.41) is 0. The number of nitrogens with zero attached hydrogens (tertiary/aromatic N) is 1. The molecule has 2 aliphatic heterocycles. The molecule has 0 spiro atoms. The minimum absolute atomic E-state index is 0.0572. The third-order valence-electron chi connectivity index (χ3n) is 5.07. The fraction of sp³-hybridized carbons (Fsp3) is 0.429. The molecule has 32 heavy (non-hydrogen) atoms. The summed E-state index contributed by atoms with van der Waals surface area (Å²) in [6.45, 7) is 3.81. The van der Waals surface area contributed by atoms with Crippen molar-refractivity contribution in [3.8, 4) is 0 Å². The van der Waals surface area contributed by atoms with Crippen LogP contribution in [0.3, 0.4) is 0 Å². The summed E-state index contributed by atoms with van der Waals surface area (Å²) in [7, 11) is -2.94. The number of benzene rings is 1. The summed E-state index contributed by atoms with van der Waals surface area (Å²) in [6, 6.07) is 8.26. The van der Waals surface area contributed by atoms with E-state index >= 15 is 0 Å². The molecule has 172 valence electrons. The van der Waals surface area contributed by atoms with Crippen molar-refractivity contribution in [1.29, 1.82) is 0 Å². The first-order valence-electron chi connectivity index (χ1n) is 10.2. The maximum Gasteiger partial charge on any atom is 0.338 e. The summed E-state index contributed by atoms with van der Waals surface area (Å²) in [4.78, 5) is 37.9. The highest BCUT2D eigenvalue weighted by molar-refractivity contribution is 7.59. The van der Waals surface area contributed by atoms with E-state index in [0.717, 1.165) is 0 Å². The third kappa shape index (κ3) is 4.95. The van der Waals surface area contributed by atoms with Gasteiger partial charge in [0, 0.05) is 18.7 Å². The zero-order chi connectivity index (χ0) is 22.9. The second-order valence-electron chi connectivity index (χ2n) is 7.82. The van der Waals surface area contributed by atoms with Crippen molar-refractivity contribution in [3.63, 3.8) is 0 Å². The molecule has 0 bridgehead atoms. The van der Waals surface area contributed by atoms with Crippen LogP contribution < -0.4 is 11.2 Å². The van der Waals surface area contributed by atoms with Crippen LogP contribution in [0.2, 0.25) is 0 Å². The average Bonchev–Trinajstić information content (AvgIpc) is 3.14. The van der Waals surface area contributed by atoms with Crippen LogP contribution in [0.15, 0.2) is 46.1 Å². The van der Waals surface area contributed by atoms with Crippen LogP contribution in [0.1, 0.15) is 42.4 Å². The van der Waals surface area contributed by atoms with Crippen molar-refractivity contribution in [2.75, 3.05) is 6.61 Å². The molecular weight excluding hydrogens is 439 g/mol. The number of ether oxygens (including phenoxy) is 2. The highest BCUT2D eigenvalue weighted by atomic mass is 31.2. The fourth-order valence-corrected chi connectivity index (χ4v) is 5.11. The summed E-state index contributed by atoms with van der Waals surface area (Å²) < 4.78 is 30.2. The van der Waals surface area contributed by atoms with E-state index < -0.39 is 37.1 Å². The normalized spacial score (nSPS) is 27.3. The number of fused-ring (bicyclic) bond motifs is 1. The van der Waals surface area contributed by atoms with E-state index in [4.69, 9.17) is 23.0 Å². The Morgan fingerprint density at radius 3 is 2.81 bits per heavy atom. The van der Waals surface area contributed by atoms with E-state index in [0.29, 0.717) is 17.5 Å². The van der Waals surface area contributed by atoms with E-state index in [1.165, 1.54) is 16.8 Å². The zero-order valence-corrected chi connectivity index (χ0v) is 18.7. The Labute approximate surface area is 184 Å². The van der Waals surface area contributed by atoms with Gasteiger partial charge in [-0.2, -0.15) is 0 Å². The predicted octanol–water partition coefficient (Wildman–Crippen LogP) is 2.22. The Balaban J connectivity index is 1.42. The molecule has 10 nitrogen and oxygen atoms in total. The summed E-state index contributed by atoms with van der Waals surface area (Å²) in [6.07, 6.45) is 4.14. The predicted molar refractivity (Wildman–Crippen MR) is 116 cm³/mol. The maximum absolute atomic E-state index is 12.4. The van der Waals surface area contributed by atoms with Crippen LogP contribution >= 0.6 is 7.57 Å². The summed E-state index contributed by atoms with van der Waals surface area (Å²) in [5.41, 5.74) is 0.00836. The lowest BCUT2D eigenvalue weighted by atomic mass is 10.1. The number of nitrogens with one attached hydrogen (secondary N) is 1. The lowest BCUT2D eigenvalue weighted by Gasteiger charge is -2.34. The van der Waals surface area contributed by atoms with Gasteiger partial charge in [0.15, 0.2) is 0 Å². The molecule has 0 aliphatic carbocycles. The van der Waals surface area contributed by atoms with Gasteiger partial charge in [-0.25, -0.2) is 9.59 Å². The quantitative estimate of drug-likeness (QED) is 0.511. The maximum atomic E-state index is 12.4. The Hall–Kier alpha value is -2.49. The first kappa shape index (κ1) is 22.7. The molecule has 0 amide bonds. The largest absolute Gasteiger partial charge is 0.459 e. The van der Waals surface area contributed by atoms with Gasteiger partial charge in [-0.3, -0.25) is 14.3 Å². The van der Waals surface area contributed by atoms with Crippen LogP contribution in [0, 0.1) is 0 Å². The third-order valence-corrected chi connectivity index (χ3v) is 6.73. The van der Waals surface area contributed by atoms with Gasteiger partial charge in [0.05, 0.1) is 31.0 Å². The molecule has 1 N–H and O–H groups in total. The second kappa shape index (κ2) is 9.17. The van der Waals surface area contributed by atoms with Crippen molar-refractivity contribution in [3.05, 3.63) is 68.5 Å². The smallest absolute Gasteiger partial charge is 0.338 e. The Morgan fingerprint density at radius 1 is 1.28 bits per heavy atom. The monoisotopic (exact) mass is 464 g/mol. The number of aromatic amines is 1. The molecule has 4 rings (SSSR count). The number of esters is 1. The van der Waals surface area contributed by atoms with Crippen LogP contribution in [-0.4, -0.2) is 46.7 Å². The highest BCUT2D eigenvalue weighted by Crippen LogP contribution is 2.56. The van der Waals surface area contributed by atoms with E-state index in [9.17, 15) is 14.4 Å². The Morgan fingerprint density at radius 2 is 2.06 bits per heavy atom. The first-order chi connectivity index (χ1) is 15.2. The number of H-pyrrole nitrogens is 1. The van der Waals surface area contributed by atoms with Gasteiger partial charge in [-0.15, -0.1) is 0 Å². The lowest BCUT2D eigenvalue weighted by Crippen LogP contribution is -2.33. The Kier molecular flexibility index (Phi) is 6.50. The standard InChI is InChI=1S/C21H25N2O8P/c1-13(2)29-20(25)15-7-5-4-6-14(15)11-27-32(3)28-12-17-16(31-32)10-19(30-17)23-9-8-18(24)22-21(23)26/h4-9,13,16-17,19H,3,10-12H2,1-2H3,(H,22,24,26)/t16-,17+,19+,32?/m0/s1. The molecule has 1 aromatic heterocycles. The molecule has 0 saturated carbocycles. The van der Waals surface area contributed by atoms with Gasteiger partial charge in [0.2, 0.25) is 0 Å². The second-order valence-corrected chi connectivity index (χ2v) is 9.77.